The number of ether oxygens (including phenoxy) is 2. The molecule has 0 aliphatic carbocycles. The van der Waals surface area contributed by atoms with Crippen molar-refractivity contribution in [3.05, 3.63) is 82.7 Å². The van der Waals surface area contributed by atoms with Crippen molar-refractivity contribution in [3.8, 4) is 23.0 Å². The molecule has 2 aromatic rings. The third-order valence-electron chi connectivity index (χ3n) is 4.51. The Labute approximate surface area is 188 Å². The van der Waals surface area contributed by atoms with E-state index < -0.39 is 5.78 Å². The predicted molar refractivity (Wildman–Crippen MR) is 126 cm³/mol. The molecule has 6 nitrogen and oxygen atoms in total. The van der Waals surface area contributed by atoms with Crippen LogP contribution in [-0.2, 0) is 11.2 Å². The Morgan fingerprint density at radius 2 is 1.59 bits per heavy atom. The fraction of sp³-hybridized carbons (Fsp3) is 0.192. The standard InChI is InChI=1S/C26H28O6/c1-17(2)5-9-20-13-19(15-25(32-4)26(20)30)7-11-22(28)16-21(27)10-6-18-8-12-23(29)24(14-18)31-3/h5-8,10-16,28-30H,9H2,1-4H3/b10-6+,11-7+,22-16-. The average Bonchev–Trinajstić information content (AvgIpc) is 2.76. The number of carbonyl (C=O) groups excluding carboxylic acids is 1. The van der Waals surface area contributed by atoms with Crippen LogP contribution in [0.15, 0.2) is 66.0 Å². The molecule has 0 amide bonds. The van der Waals surface area contributed by atoms with Crippen LogP contribution in [0.1, 0.15) is 30.5 Å². The largest absolute Gasteiger partial charge is 0.508 e. The van der Waals surface area contributed by atoms with Gasteiger partial charge in [0.05, 0.1) is 14.2 Å². The number of hydrogen-bond acceptors (Lipinski definition) is 6. The van der Waals surface area contributed by atoms with E-state index in [4.69, 9.17) is 9.47 Å². The summed E-state index contributed by atoms with van der Waals surface area (Å²) in [5, 5.41) is 30.0. The molecule has 0 fully saturated rings. The van der Waals surface area contributed by atoms with Gasteiger partial charge in [0.2, 0.25) is 0 Å². The molecule has 2 rings (SSSR count). The zero-order valence-corrected chi connectivity index (χ0v) is 18.6. The second-order valence-corrected chi connectivity index (χ2v) is 7.29. The van der Waals surface area contributed by atoms with Gasteiger partial charge in [0.25, 0.3) is 0 Å². The molecule has 0 unspecified atom stereocenters. The molecular weight excluding hydrogens is 408 g/mol. The van der Waals surface area contributed by atoms with E-state index in [1.807, 2.05) is 19.9 Å². The van der Waals surface area contributed by atoms with Crippen molar-refractivity contribution in [2.24, 2.45) is 0 Å². The summed E-state index contributed by atoms with van der Waals surface area (Å²) in [4.78, 5) is 12.1. The normalized spacial score (nSPS) is 11.7. The Balaban J connectivity index is 2.16. The third kappa shape index (κ3) is 7.09. The molecule has 0 heterocycles. The highest BCUT2D eigenvalue weighted by Crippen LogP contribution is 2.33. The molecule has 0 aliphatic rings. The highest BCUT2D eigenvalue weighted by molar-refractivity contribution is 6.02. The minimum atomic E-state index is -0.410. The van der Waals surface area contributed by atoms with Crippen LogP contribution in [0.25, 0.3) is 12.2 Å². The first-order valence-corrected chi connectivity index (χ1v) is 9.94. The summed E-state index contributed by atoms with van der Waals surface area (Å²) in [6, 6.07) is 8.13. The van der Waals surface area contributed by atoms with E-state index in [1.165, 1.54) is 32.4 Å². The maximum Gasteiger partial charge on any atom is 0.182 e. The van der Waals surface area contributed by atoms with Crippen molar-refractivity contribution in [1.82, 2.24) is 0 Å². The molecule has 168 valence electrons. The number of hydrogen-bond donors (Lipinski definition) is 3. The summed E-state index contributed by atoms with van der Waals surface area (Å²) in [6.45, 7) is 3.95. The Kier molecular flexibility index (Phi) is 8.72. The minimum absolute atomic E-state index is 0.00789. The number of ketones is 1. The van der Waals surface area contributed by atoms with E-state index in [-0.39, 0.29) is 17.3 Å². The fourth-order valence-corrected chi connectivity index (χ4v) is 2.81. The van der Waals surface area contributed by atoms with Gasteiger partial charge in [-0.1, -0.05) is 29.9 Å². The molecule has 3 N–H and O–H groups in total. The molecular formula is C26H28O6. The Morgan fingerprint density at radius 3 is 2.25 bits per heavy atom. The van der Waals surface area contributed by atoms with Crippen LogP contribution in [0.5, 0.6) is 23.0 Å². The summed E-state index contributed by atoms with van der Waals surface area (Å²) in [6.07, 6.45) is 9.50. The number of rotatable bonds is 9. The maximum absolute atomic E-state index is 12.1. The van der Waals surface area contributed by atoms with Crippen LogP contribution in [0.2, 0.25) is 0 Å². The van der Waals surface area contributed by atoms with Crippen molar-refractivity contribution < 1.29 is 29.6 Å². The topological polar surface area (TPSA) is 96.2 Å². The van der Waals surface area contributed by atoms with Crippen molar-refractivity contribution in [2.75, 3.05) is 14.2 Å². The summed E-state index contributed by atoms with van der Waals surface area (Å²) in [7, 11) is 2.91. The van der Waals surface area contributed by atoms with Crippen LogP contribution in [0.3, 0.4) is 0 Å². The third-order valence-corrected chi connectivity index (χ3v) is 4.51. The van der Waals surface area contributed by atoms with E-state index >= 15 is 0 Å². The lowest BCUT2D eigenvalue weighted by Crippen LogP contribution is -1.92. The highest BCUT2D eigenvalue weighted by atomic mass is 16.5. The van der Waals surface area contributed by atoms with Crippen LogP contribution < -0.4 is 9.47 Å². The molecule has 0 spiro atoms. The lowest BCUT2D eigenvalue weighted by Gasteiger charge is -2.10. The molecule has 0 atom stereocenters. The lowest BCUT2D eigenvalue weighted by atomic mass is 10.0. The summed E-state index contributed by atoms with van der Waals surface area (Å²) >= 11 is 0. The van der Waals surface area contributed by atoms with Crippen LogP contribution in [0.4, 0.5) is 0 Å². The van der Waals surface area contributed by atoms with Gasteiger partial charge in [-0.05, 0) is 67.8 Å². The molecule has 0 bridgehead atoms. The number of carbonyl (C=O) groups is 1. The van der Waals surface area contributed by atoms with Crippen molar-refractivity contribution in [3.63, 3.8) is 0 Å². The molecule has 0 aromatic heterocycles. The Morgan fingerprint density at radius 1 is 0.938 bits per heavy atom. The van der Waals surface area contributed by atoms with Crippen molar-refractivity contribution >= 4 is 17.9 Å². The quantitative estimate of drug-likeness (QED) is 0.212. The smallest absolute Gasteiger partial charge is 0.182 e. The van der Waals surface area contributed by atoms with Crippen molar-refractivity contribution in [2.45, 2.75) is 20.3 Å². The zero-order chi connectivity index (χ0) is 23.7. The Hall–Kier alpha value is -3.93. The number of allylic oxidation sites excluding steroid dienone is 5. The minimum Gasteiger partial charge on any atom is -0.508 e. The number of benzene rings is 2. The van der Waals surface area contributed by atoms with Gasteiger partial charge in [0.1, 0.15) is 5.76 Å². The zero-order valence-electron chi connectivity index (χ0n) is 18.6. The highest BCUT2D eigenvalue weighted by Gasteiger charge is 2.09. The van der Waals surface area contributed by atoms with Gasteiger partial charge in [0.15, 0.2) is 28.8 Å². The SMILES string of the molecule is COc1cc(/C=C/C(=O)/C=C(O)/C=C/c2cc(CC=C(C)C)c(O)c(OC)c2)ccc1O. The molecule has 6 heteroatoms. The number of phenolic OH excluding ortho intramolecular Hbond substituents is 2. The maximum atomic E-state index is 12.1. The van der Waals surface area contributed by atoms with E-state index in [0.717, 1.165) is 11.6 Å². The van der Waals surface area contributed by atoms with Crippen LogP contribution in [0, 0.1) is 0 Å². The molecule has 0 radical (unpaired) electrons. The van der Waals surface area contributed by atoms with Gasteiger partial charge >= 0.3 is 0 Å². The Bertz CT molecular complexity index is 1090. The first-order chi connectivity index (χ1) is 15.2. The van der Waals surface area contributed by atoms with Crippen molar-refractivity contribution in [1.29, 1.82) is 0 Å². The summed E-state index contributed by atoms with van der Waals surface area (Å²) < 4.78 is 10.3. The number of aliphatic hydroxyl groups excluding tert-OH is 1. The predicted octanol–water partition coefficient (Wildman–Crippen LogP) is 5.36. The van der Waals surface area contributed by atoms with Gasteiger partial charge < -0.3 is 24.8 Å². The van der Waals surface area contributed by atoms with Crippen LogP contribution in [-0.4, -0.2) is 35.3 Å². The van der Waals surface area contributed by atoms with Gasteiger partial charge in [0, 0.05) is 11.6 Å². The number of methoxy groups -OCH3 is 2. The molecule has 2 aromatic carbocycles. The second kappa shape index (κ2) is 11.5. The number of aliphatic hydroxyl groups is 1. The number of phenols is 2. The first kappa shape index (κ1) is 24.3. The van der Waals surface area contributed by atoms with Gasteiger partial charge in [-0.25, -0.2) is 0 Å². The lowest BCUT2D eigenvalue weighted by molar-refractivity contribution is -0.110. The molecule has 0 saturated heterocycles. The van der Waals surface area contributed by atoms with E-state index in [9.17, 15) is 20.1 Å². The first-order valence-electron chi connectivity index (χ1n) is 9.94. The van der Waals surface area contributed by atoms with Gasteiger partial charge in [-0.15, -0.1) is 0 Å². The van der Waals surface area contributed by atoms with E-state index in [0.29, 0.717) is 34.6 Å². The number of aromatic hydroxyl groups is 2. The fourth-order valence-electron chi connectivity index (χ4n) is 2.81. The molecule has 0 saturated carbocycles. The summed E-state index contributed by atoms with van der Waals surface area (Å²) in [5.74, 6) is 0.0829. The summed E-state index contributed by atoms with van der Waals surface area (Å²) in [5.41, 5.74) is 3.19. The second-order valence-electron chi connectivity index (χ2n) is 7.29. The molecule has 0 aliphatic heterocycles. The van der Waals surface area contributed by atoms with E-state index in [2.05, 4.69) is 0 Å². The van der Waals surface area contributed by atoms with Gasteiger partial charge in [-0.3, -0.25) is 4.79 Å². The van der Waals surface area contributed by atoms with Crippen LogP contribution >= 0.6 is 0 Å². The van der Waals surface area contributed by atoms with Gasteiger partial charge in [-0.2, -0.15) is 0 Å². The molecule has 32 heavy (non-hydrogen) atoms. The monoisotopic (exact) mass is 436 g/mol. The average molecular weight is 437 g/mol. The van der Waals surface area contributed by atoms with E-state index in [1.54, 1.807) is 36.4 Å².